The molecule has 0 spiro atoms. The van der Waals surface area contributed by atoms with E-state index in [9.17, 15) is 13.9 Å². The SMILES string of the molecule is OC(c1cccc(C(F)F)c1)c1cccs1. The summed E-state index contributed by atoms with van der Waals surface area (Å²) in [6.45, 7) is 0. The van der Waals surface area contributed by atoms with Crippen molar-refractivity contribution in [2.24, 2.45) is 0 Å². The number of thiophene rings is 1. The summed E-state index contributed by atoms with van der Waals surface area (Å²) in [5.41, 5.74) is 0.438. The van der Waals surface area contributed by atoms with E-state index in [1.807, 2.05) is 11.4 Å². The largest absolute Gasteiger partial charge is 0.383 e. The zero-order chi connectivity index (χ0) is 11.5. The van der Waals surface area contributed by atoms with E-state index in [1.165, 1.54) is 29.5 Å². The summed E-state index contributed by atoms with van der Waals surface area (Å²) in [5.74, 6) is 0. The lowest BCUT2D eigenvalue weighted by atomic mass is 10.1. The molecule has 84 valence electrons. The summed E-state index contributed by atoms with van der Waals surface area (Å²) in [7, 11) is 0. The lowest BCUT2D eigenvalue weighted by Gasteiger charge is -2.10. The molecule has 0 aliphatic carbocycles. The first-order chi connectivity index (χ1) is 7.68. The topological polar surface area (TPSA) is 20.2 Å². The van der Waals surface area contributed by atoms with Crippen LogP contribution < -0.4 is 0 Å². The number of benzene rings is 1. The fourth-order valence-corrected chi connectivity index (χ4v) is 2.21. The van der Waals surface area contributed by atoms with Gasteiger partial charge in [-0.3, -0.25) is 0 Å². The number of halogens is 2. The van der Waals surface area contributed by atoms with Crippen LogP contribution in [0.4, 0.5) is 8.78 Å². The predicted octanol–water partition coefficient (Wildman–Crippen LogP) is 3.77. The minimum absolute atomic E-state index is 0.0619. The standard InChI is InChI=1S/C12H10F2OS/c13-12(14)9-4-1-3-8(7-9)11(15)10-5-2-6-16-10/h1-7,11-12,15H. The normalized spacial score (nSPS) is 13.0. The van der Waals surface area contributed by atoms with Gasteiger partial charge in [-0.1, -0.05) is 24.3 Å². The maximum Gasteiger partial charge on any atom is 0.263 e. The molecule has 0 saturated heterocycles. The number of aliphatic hydroxyl groups is 1. The monoisotopic (exact) mass is 240 g/mol. The second kappa shape index (κ2) is 4.72. The highest BCUT2D eigenvalue weighted by Crippen LogP contribution is 2.28. The van der Waals surface area contributed by atoms with Crippen molar-refractivity contribution in [2.75, 3.05) is 0 Å². The van der Waals surface area contributed by atoms with E-state index in [0.29, 0.717) is 5.56 Å². The van der Waals surface area contributed by atoms with E-state index in [-0.39, 0.29) is 5.56 Å². The van der Waals surface area contributed by atoms with Crippen molar-refractivity contribution < 1.29 is 13.9 Å². The Hall–Kier alpha value is -1.26. The van der Waals surface area contributed by atoms with Gasteiger partial charge in [-0.15, -0.1) is 11.3 Å². The smallest absolute Gasteiger partial charge is 0.263 e. The number of aliphatic hydroxyl groups excluding tert-OH is 1. The third-order valence-corrected chi connectivity index (χ3v) is 3.22. The third-order valence-electron chi connectivity index (χ3n) is 2.29. The van der Waals surface area contributed by atoms with Gasteiger partial charge in [0.15, 0.2) is 0 Å². The van der Waals surface area contributed by atoms with E-state index < -0.39 is 12.5 Å². The van der Waals surface area contributed by atoms with Crippen LogP contribution in [0.3, 0.4) is 0 Å². The molecule has 1 unspecified atom stereocenters. The zero-order valence-corrected chi connectivity index (χ0v) is 9.12. The van der Waals surface area contributed by atoms with Gasteiger partial charge in [0.25, 0.3) is 6.43 Å². The Balaban J connectivity index is 2.30. The van der Waals surface area contributed by atoms with Crippen LogP contribution in [-0.2, 0) is 0 Å². The number of alkyl halides is 2. The first kappa shape index (κ1) is 11.2. The molecule has 16 heavy (non-hydrogen) atoms. The maximum absolute atomic E-state index is 12.5. The molecular weight excluding hydrogens is 230 g/mol. The van der Waals surface area contributed by atoms with E-state index in [2.05, 4.69) is 0 Å². The second-order valence-electron chi connectivity index (χ2n) is 3.39. The van der Waals surface area contributed by atoms with Crippen LogP contribution >= 0.6 is 11.3 Å². The van der Waals surface area contributed by atoms with Gasteiger partial charge < -0.3 is 5.11 Å². The van der Waals surface area contributed by atoms with Crippen molar-refractivity contribution in [1.82, 2.24) is 0 Å². The average molecular weight is 240 g/mol. The Morgan fingerprint density at radius 3 is 2.44 bits per heavy atom. The Morgan fingerprint density at radius 2 is 1.81 bits per heavy atom. The summed E-state index contributed by atoms with van der Waals surface area (Å²) in [6, 6.07) is 9.48. The second-order valence-corrected chi connectivity index (χ2v) is 4.37. The van der Waals surface area contributed by atoms with Crippen molar-refractivity contribution in [1.29, 1.82) is 0 Å². The molecule has 0 aliphatic heterocycles. The highest BCUT2D eigenvalue weighted by Gasteiger charge is 2.14. The van der Waals surface area contributed by atoms with Crippen molar-refractivity contribution in [3.05, 3.63) is 57.8 Å². The molecule has 0 fully saturated rings. The number of rotatable bonds is 3. The minimum atomic E-state index is -2.50. The molecule has 1 atom stereocenters. The average Bonchev–Trinajstić information content (AvgIpc) is 2.81. The van der Waals surface area contributed by atoms with Crippen LogP contribution in [0.2, 0.25) is 0 Å². The van der Waals surface area contributed by atoms with E-state index >= 15 is 0 Å². The quantitative estimate of drug-likeness (QED) is 0.865. The number of hydrogen-bond donors (Lipinski definition) is 1. The Bertz CT molecular complexity index is 454. The highest BCUT2D eigenvalue weighted by molar-refractivity contribution is 7.10. The van der Waals surface area contributed by atoms with Gasteiger partial charge in [-0.2, -0.15) is 0 Å². The van der Waals surface area contributed by atoms with Crippen LogP contribution in [0.5, 0.6) is 0 Å². The first-order valence-electron chi connectivity index (χ1n) is 4.78. The Morgan fingerprint density at radius 1 is 1.06 bits per heavy atom. The molecule has 0 aliphatic rings. The molecule has 0 amide bonds. The van der Waals surface area contributed by atoms with Gasteiger partial charge in [-0.05, 0) is 23.1 Å². The molecule has 1 aromatic heterocycles. The Kier molecular flexibility index (Phi) is 3.31. The van der Waals surface area contributed by atoms with Crippen molar-refractivity contribution in [3.8, 4) is 0 Å². The van der Waals surface area contributed by atoms with Crippen LogP contribution in [0.1, 0.15) is 28.5 Å². The van der Waals surface area contributed by atoms with Gasteiger partial charge >= 0.3 is 0 Å². The molecule has 1 nitrogen and oxygen atoms in total. The van der Waals surface area contributed by atoms with Crippen LogP contribution in [-0.4, -0.2) is 5.11 Å². The van der Waals surface area contributed by atoms with Gasteiger partial charge in [0.1, 0.15) is 6.10 Å². The lowest BCUT2D eigenvalue weighted by molar-refractivity contribution is 0.151. The Labute approximate surface area is 96.0 Å². The third kappa shape index (κ3) is 2.28. The van der Waals surface area contributed by atoms with Crippen molar-refractivity contribution in [3.63, 3.8) is 0 Å². The molecule has 1 N–H and O–H groups in total. The first-order valence-corrected chi connectivity index (χ1v) is 5.66. The zero-order valence-electron chi connectivity index (χ0n) is 8.31. The van der Waals surface area contributed by atoms with E-state index in [1.54, 1.807) is 12.1 Å². The minimum Gasteiger partial charge on any atom is -0.383 e. The van der Waals surface area contributed by atoms with Gasteiger partial charge in [0.2, 0.25) is 0 Å². The summed E-state index contributed by atoms with van der Waals surface area (Å²) < 4.78 is 24.9. The fourth-order valence-electron chi connectivity index (χ4n) is 1.48. The lowest BCUT2D eigenvalue weighted by Crippen LogP contribution is -1.98. The molecule has 1 heterocycles. The highest BCUT2D eigenvalue weighted by atomic mass is 32.1. The fraction of sp³-hybridized carbons (Fsp3) is 0.167. The predicted molar refractivity (Wildman–Crippen MR) is 59.8 cm³/mol. The molecule has 1 aromatic carbocycles. The van der Waals surface area contributed by atoms with Crippen LogP contribution in [0.25, 0.3) is 0 Å². The van der Waals surface area contributed by atoms with Gasteiger partial charge in [0.05, 0.1) is 0 Å². The van der Waals surface area contributed by atoms with Crippen molar-refractivity contribution in [2.45, 2.75) is 12.5 Å². The van der Waals surface area contributed by atoms with Crippen molar-refractivity contribution >= 4 is 11.3 Å². The van der Waals surface area contributed by atoms with Gasteiger partial charge in [-0.25, -0.2) is 8.78 Å². The molecule has 0 saturated carbocycles. The summed E-state index contributed by atoms with van der Waals surface area (Å²) in [6.07, 6.45) is -3.32. The molecule has 0 radical (unpaired) electrons. The van der Waals surface area contributed by atoms with Gasteiger partial charge in [0, 0.05) is 10.4 Å². The maximum atomic E-state index is 12.5. The molecular formula is C12H10F2OS. The van der Waals surface area contributed by atoms with E-state index in [4.69, 9.17) is 0 Å². The molecule has 0 bridgehead atoms. The summed E-state index contributed by atoms with van der Waals surface area (Å²) in [4.78, 5) is 0.756. The summed E-state index contributed by atoms with van der Waals surface area (Å²) >= 11 is 1.40. The summed E-state index contributed by atoms with van der Waals surface area (Å²) in [5, 5.41) is 11.8. The van der Waals surface area contributed by atoms with E-state index in [0.717, 1.165) is 4.88 Å². The molecule has 4 heteroatoms. The molecule has 2 rings (SSSR count). The van der Waals surface area contributed by atoms with Crippen LogP contribution in [0.15, 0.2) is 41.8 Å². The number of hydrogen-bond acceptors (Lipinski definition) is 2. The van der Waals surface area contributed by atoms with Crippen LogP contribution in [0, 0.1) is 0 Å². The molecule has 2 aromatic rings.